The van der Waals surface area contributed by atoms with E-state index in [-0.39, 0.29) is 0 Å². The minimum Gasteiger partial charge on any atom is -0.377 e. The zero-order valence-corrected chi connectivity index (χ0v) is 10.7. The van der Waals surface area contributed by atoms with Crippen LogP contribution in [0.15, 0.2) is 24.3 Å². The summed E-state index contributed by atoms with van der Waals surface area (Å²) in [7, 11) is -3.70. The van der Waals surface area contributed by atoms with Crippen molar-refractivity contribution < 1.29 is 13.2 Å². The van der Waals surface area contributed by atoms with Gasteiger partial charge in [-0.05, 0) is 24.1 Å². The Balaban J connectivity index is 2.45. The Morgan fingerprint density at radius 3 is 2.47 bits per heavy atom. The highest BCUT2D eigenvalue weighted by Crippen LogP contribution is 2.11. The first-order chi connectivity index (χ1) is 8.01. The number of hydrogen-bond donors (Lipinski definition) is 2. The van der Waals surface area contributed by atoms with Gasteiger partial charge in [0, 0.05) is 12.3 Å². The third-order valence-electron chi connectivity index (χ3n) is 2.13. The van der Waals surface area contributed by atoms with Gasteiger partial charge >= 0.3 is 0 Å². The van der Waals surface area contributed by atoms with Gasteiger partial charge in [-0.15, -0.1) is 0 Å². The summed E-state index contributed by atoms with van der Waals surface area (Å²) in [6, 6.07) is 6.92. The lowest BCUT2D eigenvalue weighted by atomic mass is 10.2. The predicted octanol–water partition coefficient (Wildman–Crippen LogP) is 1.62. The molecule has 0 heterocycles. The molecule has 96 valence electrons. The van der Waals surface area contributed by atoms with Crippen molar-refractivity contribution >= 4 is 15.9 Å². The van der Waals surface area contributed by atoms with Crippen LogP contribution in [0.25, 0.3) is 0 Å². The maximum atomic E-state index is 10.8. The van der Waals surface area contributed by atoms with E-state index in [0.717, 1.165) is 25.0 Å². The van der Waals surface area contributed by atoms with Gasteiger partial charge in [0.25, 0.3) is 10.2 Å². The van der Waals surface area contributed by atoms with Crippen molar-refractivity contribution in [1.82, 2.24) is 0 Å². The van der Waals surface area contributed by atoms with Gasteiger partial charge in [0.2, 0.25) is 0 Å². The smallest absolute Gasteiger partial charge is 0.296 e. The molecule has 0 aliphatic carbocycles. The lowest BCUT2D eigenvalue weighted by Crippen LogP contribution is -2.21. The fourth-order valence-electron chi connectivity index (χ4n) is 1.27. The van der Waals surface area contributed by atoms with E-state index in [9.17, 15) is 8.42 Å². The number of nitrogens with two attached hydrogens (primary N) is 1. The Morgan fingerprint density at radius 2 is 1.94 bits per heavy atom. The number of nitrogens with one attached hydrogen (secondary N) is 1. The Kier molecular flexibility index (Phi) is 5.40. The molecule has 0 bridgehead atoms. The van der Waals surface area contributed by atoms with Crippen LogP contribution in [0.3, 0.4) is 0 Å². The third-order valence-corrected chi connectivity index (χ3v) is 2.65. The van der Waals surface area contributed by atoms with Crippen molar-refractivity contribution in [3.63, 3.8) is 0 Å². The van der Waals surface area contributed by atoms with Gasteiger partial charge in [0.15, 0.2) is 0 Å². The molecule has 0 saturated carbocycles. The van der Waals surface area contributed by atoms with Crippen molar-refractivity contribution in [1.29, 1.82) is 0 Å². The van der Waals surface area contributed by atoms with Crippen molar-refractivity contribution in [2.24, 2.45) is 5.14 Å². The molecule has 1 aromatic rings. The van der Waals surface area contributed by atoms with Crippen LogP contribution in [0, 0.1) is 0 Å². The second kappa shape index (κ2) is 6.58. The van der Waals surface area contributed by atoms with Crippen LogP contribution in [-0.2, 0) is 21.6 Å². The number of ether oxygens (including phenoxy) is 1. The van der Waals surface area contributed by atoms with E-state index in [1.807, 2.05) is 0 Å². The molecule has 0 atom stereocenters. The average molecular weight is 258 g/mol. The molecule has 0 aromatic heterocycles. The molecule has 1 rings (SSSR count). The van der Waals surface area contributed by atoms with E-state index < -0.39 is 10.2 Å². The summed E-state index contributed by atoms with van der Waals surface area (Å²) in [5.41, 5.74) is 1.45. The SMILES string of the molecule is CCCCOCc1ccc(NS(N)(=O)=O)cc1. The lowest BCUT2D eigenvalue weighted by molar-refractivity contribution is 0.118. The van der Waals surface area contributed by atoms with Crippen molar-refractivity contribution in [2.45, 2.75) is 26.4 Å². The van der Waals surface area contributed by atoms with E-state index in [0.29, 0.717) is 12.3 Å². The normalized spacial score (nSPS) is 11.4. The maximum absolute atomic E-state index is 10.8. The first-order valence-corrected chi connectivity index (χ1v) is 7.03. The molecule has 3 N–H and O–H groups in total. The summed E-state index contributed by atoms with van der Waals surface area (Å²) >= 11 is 0. The van der Waals surface area contributed by atoms with E-state index in [1.165, 1.54) is 0 Å². The second-order valence-corrected chi connectivity index (χ2v) is 5.04. The highest BCUT2D eigenvalue weighted by Gasteiger charge is 2.01. The first-order valence-electron chi connectivity index (χ1n) is 5.48. The Hall–Kier alpha value is -1.11. The predicted molar refractivity (Wildman–Crippen MR) is 67.7 cm³/mol. The van der Waals surface area contributed by atoms with Crippen LogP contribution in [-0.4, -0.2) is 15.0 Å². The fraction of sp³-hybridized carbons (Fsp3) is 0.455. The molecule has 0 aliphatic rings. The van der Waals surface area contributed by atoms with Gasteiger partial charge in [0.05, 0.1) is 6.61 Å². The average Bonchev–Trinajstić information content (AvgIpc) is 2.25. The molecule has 1 aromatic carbocycles. The zero-order chi connectivity index (χ0) is 12.7. The monoisotopic (exact) mass is 258 g/mol. The summed E-state index contributed by atoms with van der Waals surface area (Å²) < 4.78 is 29.2. The van der Waals surface area contributed by atoms with Crippen molar-refractivity contribution in [3.05, 3.63) is 29.8 Å². The van der Waals surface area contributed by atoms with Gasteiger partial charge in [0.1, 0.15) is 0 Å². The second-order valence-electron chi connectivity index (χ2n) is 3.75. The number of anilines is 1. The van der Waals surface area contributed by atoms with Gasteiger partial charge in [-0.2, -0.15) is 8.42 Å². The van der Waals surface area contributed by atoms with Crippen molar-refractivity contribution in [2.75, 3.05) is 11.3 Å². The van der Waals surface area contributed by atoms with Gasteiger partial charge in [-0.1, -0.05) is 25.5 Å². The van der Waals surface area contributed by atoms with Crippen LogP contribution in [0.1, 0.15) is 25.3 Å². The molecular formula is C11H18N2O3S. The number of hydrogen-bond acceptors (Lipinski definition) is 3. The number of unbranched alkanes of at least 4 members (excludes halogenated alkanes) is 1. The Bertz CT molecular complexity index is 429. The molecule has 6 heteroatoms. The Labute approximate surface area is 102 Å². The molecule has 0 radical (unpaired) electrons. The third kappa shape index (κ3) is 6.25. The molecule has 0 aliphatic heterocycles. The summed E-state index contributed by atoms with van der Waals surface area (Å²) in [5.74, 6) is 0. The van der Waals surface area contributed by atoms with Gasteiger partial charge < -0.3 is 4.74 Å². The summed E-state index contributed by atoms with van der Waals surface area (Å²) in [6.45, 7) is 3.39. The van der Waals surface area contributed by atoms with E-state index in [4.69, 9.17) is 9.88 Å². The quantitative estimate of drug-likeness (QED) is 0.729. The summed E-state index contributed by atoms with van der Waals surface area (Å²) in [4.78, 5) is 0. The van der Waals surface area contributed by atoms with E-state index in [1.54, 1.807) is 24.3 Å². The van der Waals surface area contributed by atoms with Crippen molar-refractivity contribution in [3.8, 4) is 0 Å². The highest BCUT2D eigenvalue weighted by molar-refractivity contribution is 7.90. The van der Waals surface area contributed by atoms with Crippen LogP contribution >= 0.6 is 0 Å². The first kappa shape index (κ1) is 14.0. The molecule has 0 unspecified atom stereocenters. The van der Waals surface area contributed by atoms with Crippen LogP contribution in [0.2, 0.25) is 0 Å². The van der Waals surface area contributed by atoms with E-state index in [2.05, 4.69) is 11.6 Å². The zero-order valence-electron chi connectivity index (χ0n) is 9.85. The minimum absolute atomic E-state index is 0.449. The highest BCUT2D eigenvalue weighted by atomic mass is 32.2. The van der Waals surface area contributed by atoms with Gasteiger partial charge in [-0.3, -0.25) is 4.72 Å². The number of rotatable bonds is 7. The lowest BCUT2D eigenvalue weighted by Gasteiger charge is -2.06. The molecule has 0 amide bonds. The standard InChI is InChI=1S/C11H18N2O3S/c1-2-3-8-16-9-10-4-6-11(7-5-10)13-17(12,14)15/h4-7,13H,2-3,8-9H2,1H3,(H2,12,14,15). The van der Waals surface area contributed by atoms with Gasteiger partial charge in [-0.25, -0.2) is 5.14 Å². The van der Waals surface area contributed by atoms with Crippen LogP contribution in [0.5, 0.6) is 0 Å². The largest absolute Gasteiger partial charge is 0.377 e. The number of benzene rings is 1. The molecular weight excluding hydrogens is 240 g/mol. The topological polar surface area (TPSA) is 81.4 Å². The molecule has 5 nitrogen and oxygen atoms in total. The fourth-order valence-corrected chi connectivity index (χ4v) is 1.73. The minimum atomic E-state index is -3.70. The summed E-state index contributed by atoms with van der Waals surface area (Å²) in [6.07, 6.45) is 2.16. The maximum Gasteiger partial charge on any atom is 0.296 e. The molecule has 0 spiro atoms. The Morgan fingerprint density at radius 1 is 1.29 bits per heavy atom. The van der Waals surface area contributed by atoms with Crippen LogP contribution < -0.4 is 9.86 Å². The summed E-state index contributed by atoms with van der Waals surface area (Å²) in [5, 5.41) is 4.86. The molecule has 0 saturated heterocycles. The van der Waals surface area contributed by atoms with E-state index >= 15 is 0 Å². The molecule has 17 heavy (non-hydrogen) atoms. The van der Waals surface area contributed by atoms with Crippen LogP contribution in [0.4, 0.5) is 5.69 Å². The molecule has 0 fully saturated rings.